The third-order valence-corrected chi connectivity index (χ3v) is 6.77. The highest BCUT2D eigenvalue weighted by Gasteiger charge is 2.21. The molecule has 7 nitrogen and oxygen atoms in total. The van der Waals surface area contributed by atoms with E-state index in [1.54, 1.807) is 22.0 Å². The molecule has 0 saturated heterocycles. The standard InChI is InChI=1S/C20H26N4O3S2/c1-4-10-24-18(26)16-13-8-6-5-7-9-14(13)29-17(16)23-20(24)28-11-15(25)22-19(27)21-12(2)3/h4,12H,1,5-11H2,2-3H3,(H2,21,22,25,27). The second kappa shape index (κ2) is 9.58. The molecule has 0 unspecified atom stereocenters. The zero-order valence-electron chi connectivity index (χ0n) is 16.7. The first-order valence-electron chi connectivity index (χ1n) is 9.79. The lowest BCUT2D eigenvalue weighted by molar-refractivity contribution is -0.117. The molecule has 156 valence electrons. The molecule has 2 aromatic rings. The molecule has 29 heavy (non-hydrogen) atoms. The average Bonchev–Trinajstić information content (AvgIpc) is 2.83. The molecule has 0 bridgehead atoms. The van der Waals surface area contributed by atoms with E-state index in [4.69, 9.17) is 4.98 Å². The van der Waals surface area contributed by atoms with Crippen LogP contribution in [0.2, 0.25) is 0 Å². The fourth-order valence-corrected chi connectivity index (χ4v) is 5.50. The second-order valence-corrected chi connectivity index (χ2v) is 9.33. The number of nitrogens with zero attached hydrogens (tertiary/aromatic N) is 2. The van der Waals surface area contributed by atoms with Crippen LogP contribution in [0.3, 0.4) is 0 Å². The lowest BCUT2D eigenvalue weighted by atomic mass is 10.1. The largest absolute Gasteiger partial charge is 0.336 e. The van der Waals surface area contributed by atoms with E-state index in [1.165, 1.54) is 11.3 Å². The number of amides is 3. The van der Waals surface area contributed by atoms with Crippen LogP contribution in [0.25, 0.3) is 10.2 Å². The molecule has 1 aliphatic rings. The Morgan fingerprint density at radius 2 is 2.07 bits per heavy atom. The number of urea groups is 1. The van der Waals surface area contributed by atoms with Gasteiger partial charge in [0.2, 0.25) is 5.91 Å². The smallest absolute Gasteiger partial charge is 0.321 e. The van der Waals surface area contributed by atoms with Crippen LogP contribution in [0.1, 0.15) is 43.6 Å². The molecule has 2 N–H and O–H groups in total. The minimum Gasteiger partial charge on any atom is -0.336 e. The molecule has 0 atom stereocenters. The zero-order chi connectivity index (χ0) is 21.0. The molecule has 0 saturated carbocycles. The summed E-state index contributed by atoms with van der Waals surface area (Å²) in [5.74, 6) is -0.444. The Labute approximate surface area is 178 Å². The maximum absolute atomic E-state index is 13.2. The summed E-state index contributed by atoms with van der Waals surface area (Å²) in [6, 6.07) is -0.592. The molecule has 3 rings (SSSR count). The van der Waals surface area contributed by atoms with Crippen molar-refractivity contribution in [1.29, 1.82) is 0 Å². The Balaban J connectivity index is 1.86. The predicted molar refractivity (Wildman–Crippen MR) is 118 cm³/mol. The average molecular weight is 435 g/mol. The van der Waals surface area contributed by atoms with E-state index >= 15 is 0 Å². The van der Waals surface area contributed by atoms with Crippen LogP contribution in [0.4, 0.5) is 4.79 Å². The van der Waals surface area contributed by atoms with Crippen molar-refractivity contribution in [2.75, 3.05) is 5.75 Å². The summed E-state index contributed by atoms with van der Waals surface area (Å²) < 4.78 is 1.57. The number of aryl methyl sites for hydroxylation is 2. The van der Waals surface area contributed by atoms with Gasteiger partial charge in [-0.1, -0.05) is 24.3 Å². The highest BCUT2D eigenvalue weighted by Crippen LogP contribution is 2.34. The van der Waals surface area contributed by atoms with Gasteiger partial charge in [0.1, 0.15) is 4.83 Å². The van der Waals surface area contributed by atoms with Crippen molar-refractivity contribution in [3.05, 3.63) is 33.4 Å². The highest BCUT2D eigenvalue weighted by molar-refractivity contribution is 7.99. The first-order chi connectivity index (χ1) is 13.9. The molecule has 2 heterocycles. The Bertz CT molecular complexity index is 994. The minimum atomic E-state index is -0.528. The van der Waals surface area contributed by atoms with Gasteiger partial charge in [0.15, 0.2) is 5.16 Å². The van der Waals surface area contributed by atoms with Crippen LogP contribution >= 0.6 is 23.1 Å². The molecule has 2 aromatic heterocycles. The van der Waals surface area contributed by atoms with Crippen LogP contribution in [0, 0.1) is 0 Å². The van der Waals surface area contributed by atoms with E-state index in [0.29, 0.717) is 11.7 Å². The van der Waals surface area contributed by atoms with Gasteiger partial charge in [0.25, 0.3) is 5.56 Å². The number of allylic oxidation sites excluding steroid dienone is 1. The number of fused-ring (bicyclic) bond motifs is 3. The number of carbonyl (C=O) groups is 2. The number of rotatable bonds is 6. The first-order valence-corrected chi connectivity index (χ1v) is 11.6. The molecular weight excluding hydrogens is 408 g/mol. The van der Waals surface area contributed by atoms with Crippen molar-refractivity contribution < 1.29 is 9.59 Å². The summed E-state index contributed by atoms with van der Waals surface area (Å²) >= 11 is 2.75. The van der Waals surface area contributed by atoms with Gasteiger partial charge in [-0.2, -0.15) is 0 Å². The third kappa shape index (κ3) is 5.08. The lowest BCUT2D eigenvalue weighted by Gasteiger charge is -2.11. The summed E-state index contributed by atoms with van der Waals surface area (Å²) in [7, 11) is 0. The Hall–Kier alpha value is -2.13. The van der Waals surface area contributed by atoms with E-state index in [9.17, 15) is 14.4 Å². The number of hydrogen-bond acceptors (Lipinski definition) is 6. The van der Waals surface area contributed by atoms with Gasteiger partial charge >= 0.3 is 6.03 Å². The van der Waals surface area contributed by atoms with E-state index in [0.717, 1.165) is 53.2 Å². The fourth-order valence-electron chi connectivity index (χ4n) is 3.39. The monoisotopic (exact) mass is 434 g/mol. The van der Waals surface area contributed by atoms with Gasteiger partial charge < -0.3 is 5.32 Å². The Morgan fingerprint density at radius 1 is 1.31 bits per heavy atom. The molecule has 3 amide bonds. The third-order valence-electron chi connectivity index (χ3n) is 4.61. The number of hydrogen-bond donors (Lipinski definition) is 2. The van der Waals surface area contributed by atoms with Crippen molar-refractivity contribution in [2.24, 2.45) is 0 Å². The van der Waals surface area contributed by atoms with Crippen LogP contribution in [-0.2, 0) is 24.2 Å². The quantitative estimate of drug-likeness (QED) is 0.315. The van der Waals surface area contributed by atoms with Crippen molar-refractivity contribution in [3.8, 4) is 0 Å². The Morgan fingerprint density at radius 3 is 2.79 bits per heavy atom. The van der Waals surface area contributed by atoms with Crippen molar-refractivity contribution in [3.63, 3.8) is 0 Å². The maximum atomic E-state index is 13.2. The van der Waals surface area contributed by atoms with Crippen LogP contribution in [0.15, 0.2) is 22.6 Å². The van der Waals surface area contributed by atoms with Gasteiger partial charge in [-0.15, -0.1) is 17.9 Å². The summed E-state index contributed by atoms with van der Waals surface area (Å²) in [6.45, 7) is 7.70. The van der Waals surface area contributed by atoms with Crippen LogP contribution < -0.4 is 16.2 Å². The van der Waals surface area contributed by atoms with Crippen molar-refractivity contribution >= 4 is 45.3 Å². The van der Waals surface area contributed by atoms with Gasteiger partial charge in [-0.05, 0) is 45.1 Å². The van der Waals surface area contributed by atoms with Crippen molar-refractivity contribution in [1.82, 2.24) is 20.2 Å². The van der Waals surface area contributed by atoms with Crippen LogP contribution in [-0.4, -0.2) is 33.3 Å². The van der Waals surface area contributed by atoms with Gasteiger partial charge in [-0.25, -0.2) is 9.78 Å². The molecule has 0 spiro atoms. The fraction of sp³-hybridized carbons (Fsp3) is 0.500. The molecule has 0 aliphatic heterocycles. The zero-order valence-corrected chi connectivity index (χ0v) is 18.4. The molecule has 0 fully saturated rings. The number of carbonyl (C=O) groups excluding carboxylic acids is 2. The highest BCUT2D eigenvalue weighted by atomic mass is 32.2. The molecule has 0 aromatic carbocycles. The van der Waals surface area contributed by atoms with Gasteiger partial charge in [-0.3, -0.25) is 19.5 Å². The van der Waals surface area contributed by atoms with Gasteiger partial charge in [0, 0.05) is 17.5 Å². The molecular formula is C20H26N4O3S2. The van der Waals surface area contributed by atoms with E-state index in [2.05, 4.69) is 17.2 Å². The lowest BCUT2D eigenvalue weighted by Crippen LogP contribution is -2.43. The summed E-state index contributed by atoms with van der Waals surface area (Å²) in [5, 5.41) is 6.09. The van der Waals surface area contributed by atoms with E-state index in [-0.39, 0.29) is 17.4 Å². The number of aromatic nitrogens is 2. The molecule has 0 radical (unpaired) electrons. The summed E-state index contributed by atoms with van der Waals surface area (Å²) in [5.41, 5.74) is 1.08. The number of imide groups is 1. The normalized spacial score (nSPS) is 13.8. The molecule has 1 aliphatic carbocycles. The predicted octanol–water partition coefficient (Wildman–Crippen LogP) is 3.24. The SMILES string of the molecule is C=CCn1c(SCC(=O)NC(=O)NC(C)C)nc2sc3c(c2c1=O)CCCCC3. The summed E-state index contributed by atoms with van der Waals surface area (Å²) in [6.07, 6.45) is 6.98. The minimum absolute atomic E-state index is 0.00824. The van der Waals surface area contributed by atoms with E-state index < -0.39 is 11.9 Å². The maximum Gasteiger partial charge on any atom is 0.321 e. The van der Waals surface area contributed by atoms with Crippen LogP contribution in [0.5, 0.6) is 0 Å². The van der Waals surface area contributed by atoms with Crippen molar-refractivity contribution in [2.45, 2.75) is 63.7 Å². The first kappa shape index (κ1) is 21.6. The second-order valence-electron chi connectivity index (χ2n) is 7.31. The number of thioether (sulfide) groups is 1. The number of thiophene rings is 1. The van der Waals surface area contributed by atoms with Gasteiger partial charge in [0.05, 0.1) is 11.1 Å². The van der Waals surface area contributed by atoms with E-state index in [1.807, 2.05) is 13.8 Å². The summed E-state index contributed by atoms with van der Waals surface area (Å²) in [4.78, 5) is 43.7. The Kier molecular flexibility index (Phi) is 7.13. The topological polar surface area (TPSA) is 93.1 Å². The molecule has 9 heteroatoms. The number of nitrogens with one attached hydrogen (secondary N) is 2.